The first-order valence-corrected chi connectivity index (χ1v) is 10.4. The van der Waals surface area contributed by atoms with Crippen LogP contribution in [0.4, 0.5) is 5.69 Å². The van der Waals surface area contributed by atoms with Crippen molar-refractivity contribution >= 4 is 33.7 Å². The fourth-order valence-corrected chi connectivity index (χ4v) is 3.76. The molecule has 7 nitrogen and oxygen atoms in total. The molecule has 1 amide bonds. The van der Waals surface area contributed by atoms with Crippen LogP contribution < -0.4 is 10.7 Å². The number of nitrogens with one attached hydrogen (secondary N) is 2. The maximum Gasteiger partial charge on any atom is 0.261 e. The monoisotopic (exact) mass is 423 g/mol. The molecular formula is C25H21N5O2. The summed E-state index contributed by atoms with van der Waals surface area (Å²) in [6.07, 6.45) is 1.58. The standard InChI is InChI=1S/C25H21N5O2/c1-3-30-14-19(22(31)18-13-8-15(2)26-24(18)30)25(32)27-17-11-9-16(10-12-17)23-28-20-6-4-5-7-21(20)29-23/h4-14H,3H2,1-2H3,(H,27,32)(H,28,29). The van der Waals surface area contributed by atoms with Gasteiger partial charge in [-0.2, -0.15) is 0 Å². The van der Waals surface area contributed by atoms with Gasteiger partial charge in [0.15, 0.2) is 0 Å². The van der Waals surface area contributed by atoms with E-state index in [-0.39, 0.29) is 11.0 Å². The molecule has 32 heavy (non-hydrogen) atoms. The number of carbonyl (C=O) groups excluding carboxylic acids is 1. The summed E-state index contributed by atoms with van der Waals surface area (Å²) in [5, 5.41) is 3.26. The largest absolute Gasteiger partial charge is 0.338 e. The summed E-state index contributed by atoms with van der Waals surface area (Å²) in [6.45, 7) is 4.42. The lowest BCUT2D eigenvalue weighted by atomic mass is 10.1. The number of para-hydroxylation sites is 2. The van der Waals surface area contributed by atoms with E-state index < -0.39 is 5.91 Å². The molecule has 0 bridgehead atoms. The van der Waals surface area contributed by atoms with Crippen LogP contribution in [0.15, 0.2) is 71.7 Å². The minimum Gasteiger partial charge on any atom is -0.338 e. The molecular weight excluding hydrogens is 402 g/mol. The van der Waals surface area contributed by atoms with Gasteiger partial charge < -0.3 is 14.9 Å². The van der Waals surface area contributed by atoms with Crippen molar-refractivity contribution in [2.45, 2.75) is 20.4 Å². The molecule has 0 saturated carbocycles. The van der Waals surface area contributed by atoms with Crippen LogP contribution in [0.2, 0.25) is 0 Å². The summed E-state index contributed by atoms with van der Waals surface area (Å²) >= 11 is 0. The number of carbonyl (C=O) groups is 1. The number of aryl methyl sites for hydroxylation is 2. The Morgan fingerprint density at radius 2 is 1.81 bits per heavy atom. The molecule has 7 heteroatoms. The molecule has 0 fully saturated rings. The van der Waals surface area contributed by atoms with Crippen molar-refractivity contribution in [2.75, 3.05) is 5.32 Å². The zero-order valence-electron chi connectivity index (χ0n) is 17.7. The molecule has 2 aromatic carbocycles. The number of rotatable bonds is 4. The van der Waals surface area contributed by atoms with E-state index in [1.54, 1.807) is 30.5 Å². The number of aromatic nitrogens is 4. The van der Waals surface area contributed by atoms with E-state index in [0.29, 0.717) is 23.3 Å². The summed E-state index contributed by atoms with van der Waals surface area (Å²) in [4.78, 5) is 38.2. The fraction of sp³-hybridized carbons (Fsp3) is 0.120. The van der Waals surface area contributed by atoms with Gasteiger partial charge in [0.1, 0.15) is 17.0 Å². The maximum absolute atomic E-state index is 12.9. The molecule has 0 aliphatic rings. The van der Waals surface area contributed by atoms with Crippen molar-refractivity contribution in [3.8, 4) is 11.4 Å². The number of anilines is 1. The molecule has 0 atom stereocenters. The van der Waals surface area contributed by atoms with Gasteiger partial charge in [-0.1, -0.05) is 12.1 Å². The second kappa shape index (κ2) is 7.77. The SMILES string of the molecule is CCn1cc(C(=O)Nc2ccc(-c3nc4ccccc4[nH]3)cc2)c(=O)c2ccc(C)nc21. The summed E-state index contributed by atoms with van der Waals surface area (Å²) in [5.74, 6) is 0.309. The summed E-state index contributed by atoms with van der Waals surface area (Å²) < 4.78 is 1.82. The maximum atomic E-state index is 12.9. The minimum absolute atomic E-state index is 0.0892. The Morgan fingerprint density at radius 1 is 1.03 bits per heavy atom. The van der Waals surface area contributed by atoms with Crippen LogP contribution in [0.5, 0.6) is 0 Å². The lowest BCUT2D eigenvalue weighted by Crippen LogP contribution is -2.24. The number of pyridine rings is 2. The van der Waals surface area contributed by atoms with Crippen molar-refractivity contribution < 1.29 is 4.79 Å². The molecule has 3 aromatic heterocycles. The lowest BCUT2D eigenvalue weighted by molar-refractivity contribution is 0.102. The Balaban J connectivity index is 1.44. The number of benzene rings is 2. The predicted molar refractivity (Wildman–Crippen MR) is 126 cm³/mol. The topological polar surface area (TPSA) is 92.7 Å². The van der Waals surface area contributed by atoms with Gasteiger partial charge in [0, 0.05) is 29.7 Å². The number of hydrogen-bond donors (Lipinski definition) is 2. The van der Waals surface area contributed by atoms with Gasteiger partial charge in [0.25, 0.3) is 5.91 Å². The lowest BCUT2D eigenvalue weighted by Gasteiger charge is -2.12. The zero-order chi connectivity index (χ0) is 22.2. The predicted octanol–water partition coefficient (Wildman–Crippen LogP) is 4.52. The molecule has 0 aliphatic heterocycles. The molecule has 3 heterocycles. The normalized spacial score (nSPS) is 11.2. The van der Waals surface area contributed by atoms with Crippen molar-refractivity contribution in [2.24, 2.45) is 0 Å². The zero-order valence-corrected chi connectivity index (χ0v) is 17.7. The first kappa shape index (κ1) is 19.7. The molecule has 0 spiro atoms. The fourth-order valence-electron chi connectivity index (χ4n) is 3.76. The van der Waals surface area contributed by atoms with Gasteiger partial charge in [-0.15, -0.1) is 0 Å². The van der Waals surface area contributed by atoms with E-state index in [1.165, 1.54) is 0 Å². The molecule has 5 aromatic rings. The third kappa shape index (κ3) is 3.43. The number of imidazole rings is 1. The third-order valence-electron chi connectivity index (χ3n) is 5.45. The van der Waals surface area contributed by atoms with Crippen LogP contribution in [0.25, 0.3) is 33.5 Å². The smallest absolute Gasteiger partial charge is 0.261 e. The Morgan fingerprint density at radius 3 is 2.56 bits per heavy atom. The number of amides is 1. The Hall–Kier alpha value is -4.26. The number of fused-ring (bicyclic) bond motifs is 2. The number of nitrogens with zero attached hydrogens (tertiary/aromatic N) is 3. The third-order valence-corrected chi connectivity index (χ3v) is 5.45. The van der Waals surface area contributed by atoms with Crippen LogP contribution >= 0.6 is 0 Å². The Bertz CT molecular complexity index is 1500. The molecule has 2 N–H and O–H groups in total. The van der Waals surface area contributed by atoms with Crippen molar-refractivity contribution in [3.63, 3.8) is 0 Å². The highest BCUT2D eigenvalue weighted by Crippen LogP contribution is 2.22. The van der Waals surface area contributed by atoms with Crippen LogP contribution in [0.3, 0.4) is 0 Å². The molecule has 0 aliphatic carbocycles. The van der Waals surface area contributed by atoms with E-state index in [9.17, 15) is 9.59 Å². The number of hydrogen-bond acceptors (Lipinski definition) is 4. The molecule has 5 rings (SSSR count). The van der Waals surface area contributed by atoms with Gasteiger partial charge in [-0.25, -0.2) is 9.97 Å². The van der Waals surface area contributed by atoms with Gasteiger partial charge in [-0.05, 0) is 62.4 Å². The molecule has 158 valence electrons. The van der Waals surface area contributed by atoms with E-state index in [0.717, 1.165) is 28.1 Å². The second-order valence-corrected chi connectivity index (χ2v) is 7.62. The van der Waals surface area contributed by atoms with Gasteiger partial charge >= 0.3 is 0 Å². The average Bonchev–Trinajstić information content (AvgIpc) is 3.24. The van der Waals surface area contributed by atoms with Crippen LogP contribution in [0.1, 0.15) is 23.0 Å². The van der Waals surface area contributed by atoms with E-state index >= 15 is 0 Å². The van der Waals surface area contributed by atoms with Crippen molar-refractivity contribution in [1.82, 2.24) is 19.5 Å². The van der Waals surface area contributed by atoms with Crippen LogP contribution in [0, 0.1) is 6.92 Å². The first-order valence-electron chi connectivity index (χ1n) is 10.4. The van der Waals surface area contributed by atoms with E-state index in [1.807, 2.05) is 54.8 Å². The number of H-pyrrole nitrogens is 1. The van der Waals surface area contributed by atoms with Crippen molar-refractivity contribution in [3.05, 3.63) is 88.3 Å². The average molecular weight is 423 g/mol. The first-order chi connectivity index (χ1) is 15.5. The molecule has 0 unspecified atom stereocenters. The summed E-state index contributed by atoms with van der Waals surface area (Å²) in [5.41, 5.74) is 4.53. The van der Waals surface area contributed by atoms with Gasteiger partial charge in [0.2, 0.25) is 5.43 Å². The Kier molecular flexibility index (Phi) is 4.78. The highest BCUT2D eigenvalue weighted by atomic mass is 16.2. The van der Waals surface area contributed by atoms with Crippen LogP contribution in [-0.2, 0) is 6.54 Å². The van der Waals surface area contributed by atoms with Gasteiger partial charge in [-0.3, -0.25) is 9.59 Å². The highest BCUT2D eigenvalue weighted by molar-refractivity contribution is 6.05. The summed E-state index contributed by atoms with van der Waals surface area (Å²) in [7, 11) is 0. The van der Waals surface area contributed by atoms with Crippen molar-refractivity contribution in [1.29, 1.82) is 0 Å². The molecule has 0 radical (unpaired) electrons. The highest BCUT2D eigenvalue weighted by Gasteiger charge is 2.16. The van der Waals surface area contributed by atoms with Gasteiger partial charge in [0.05, 0.1) is 16.4 Å². The molecule has 0 saturated heterocycles. The second-order valence-electron chi connectivity index (χ2n) is 7.62. The summed E-state index contributed by atoms with van der Waals surface area (Å²) in [6, 6.07) is 18.7. The minimum atomic E-state index is -0.448. The number of aromatic amines is 1. The van der Waals surface area contributed by atoms with E-state index in [2.05, 4.69) is 20.3 Å². The van der Waals surface area contributed by atoms with E-state index in [4.69, 9.17) is 0 Å². The quantitative estimate of drug-likeness (QED) is 0.444. The van der Waals surface area contributed by atoms with Crippen LogP contribution in [-0.4, -0.2) is 25.4 Å². The Labute approximate surface area is 183 Å².